The lowest BCUT2D eigenvalue weighted by molar-refractivity contribution is 0.323. The molecule has 0 fully saturated rings. The van der Waals surface area contributed by atoms with Gasteiger partial charge in [-0.05, 0) is 28.9 Å². The molecule has 146 valence electrons. The number of benzene rings is 3. The second-order valence-electron chi connectivity index (χ2n) is 6.51. The maximum absolute atomic E-state index is 11.2. The number of thioether (sulfide) groups is 1. The third-order valence-electron chi connectivity index (χ3n) is 4.45. The summed E-state index contributed by atoms with van der Waals surface area (Å²) in [5.41, 5.74) is 3.59. The second-order valence-corrected chi connectivity index (χ2v) is 9.46. The Labute approximate surface area is 171 Å². The zero-order valence-electron chi connectivity index (χ0n) is 15.8. The van der Waals surface area contributed by atoms with E-state index in [1.807, 2.05) is 18.2 Å². The largest absolute Gasteiger partial charge is 0.270 e. The maximum Gasteiger partial charge on any atom is 0.264 e. The molecule has 0 bridgehead atoms. The Morgan fingerprint density at radius 1 is 0.750 bits per heavy atom. The fraction of sp³-hybridized carbons (Fsp3) is 0.217. The Kier molecular flexibility index (Phi) is 6.94. The van der Waals surface area contributed by atoms with Crippen molar-refractivity contribution >= 4 is 21.9 Å². The Morgan fingerprint density at radius 3 is 1.50 bits per heavy atom. The van der Waals surface area contributed by atoms with Gasteiger partial charge in [0.15, 0.2) is 0 Å². The lowest BCUT2D eigenvalue weighted by Gasteiger charge is -2.35. The van der Waals surface area contributed by atoms with Crippen molar-refractivity contribution in [3.8, 4) is 0 Å². The van der Waals surface area contributed by atoms with E-state index >= 15 is 0 Å². The molecule has 0 spiro atoms. The molecule has 0 aliphatic carbocycles. The molecule has 3 aromatic carbocycles. The first-order chi connectivity index (χ1) is 13.5. The molecule has 5 heteroatoms. The van der Waals surface area contributed by atoms with Crippen LogP contribution in [0.5, 0.6) is 0 Å². The first kappa shape index (κ1) is 20.6. The van der Waals surface area contributed by atoms with Crippen molar-refractivity contribution < 1.29 is 12.6 Å². The zero-order chi connectivity index (χ0) is 19.9. The number of hydrogen-bond acceptors (Lipinski definition) is 4. The quantitative estimate of drug-likeness (QED) is 0.279. The van der Waals surface area contributed by atoms with Crippen LogP contribution in [0.1, 0.15) is 23.1 Å². The summed E-state index contributed by atoms with van der Waals surface area (Å²) in [5.74, 6) is 0.758. The van der Waals surface area contributed by atoms with E-state index in [0.717, 1.165) is 12.0 Å². The zero-order valence-corrected chi connectivity index (χ0v) is 17.5. The SMILES string of the molecule is CS(=O)(=O)OCCCSC(c1ccccc1)(c1ccccc1)c1ccccc1. The van der Waals surface area contributed by atoms with Gasteiger partial charge in [-0.25, -0.2) is 0 Å². The van der Waals surface area contributed by atoms with E-state index in [4.69, 9.17) is 4.18 Å². The van der Waals surface area contributed by atoms with Crippen LogP contribution in [0.15, 0.2) is 91.0 Å². The molecule has 28 heavy (non-hydrogen) atoms. The molecule has 0 saturated heterocycles. The molecule has 0 atom stereocenters. The Balaban J connectivity index is 1.99. The van der Waals surface area contributed by atoms with Crippen molar-refractivity contribution in [2.75, 3.05) is 18.6 Å². The van der Waals surface area contributed by atoms with Gasteiger partial charge < -0.3 is 0 Å². The monoisotopic (exact) mass is 412 g/mol. The molecule has 0 aromatic heterocycles. The summed E-state index contributed by atoms with van der Waals surface area (Å²) in [6.07, 6.45) is 1.73. The minimum Gasteiger partial charge on any atom is -0.270 e. The highest BCUT2D eigenvalue weighted by Gasteiger charge is 2.36. The Morgan fingerprint density at radius 2 is 1.14 bits per heavy atom. The molecule has 3 aromatic rings. The van der Waals surface area contributed by atoms with Crippen LogP contribution in [0.25, 0.3) is 0 Å². The van der Waals surface area contributed by atoms with Crippen molar-refractivity contribution in [3.05, 3.63) is 108 Å². The summed E-state index contributed by atoms with van der Waals surface area (Å²) in [7, 11) is -3.41. The third-order valence-corrected chi connectivity index (χ3v) is 6.67. The van der Waals surface area contributed by atoms with Gasteiger partial charge in [0.25, 0.3) is 10.1 Å². The molecule has 0 heterocycles. The second kappa shape index (κ2) is 9.41. The van der Waals surface area contributed by atoms with Gasteiger partial charge in [0, 0.05) is 0 Å². The van der Waals surface area contributed by atoms with Crippen molar-refractivity contribution in [1.29, 1.82) is 0 Å². The first-order valence-electron chi connectivity index (χ1n) is 9.17. The van der Waals surface area contributed by atoms with Gasteiger partial charge in [-0.1, -0.05) is 91.0 Å². The lowest BCUT2D eigenvalue weighted by Crippen LogP contribution is -2.26. The average molecular weight is 413 g/mol. The molecule has 3 rings (SSSR count). The van der Waals surface area contributed by atoms with Crippen LogP contribution in [0, 0.1) is 0 Å². The van der Waals surface area contributed by atoms with Gasteiger partial charge in [0.1, 0.15) is 0 Å². The molecule has 0 N–H and O–H groups in total. The van der Waals surface area contributed by atoms with E-state index in [1.165, 1.54) is 16.7 Å². The predicted octanol–water partition coefficient (Wildman–Crippen LogP) is 5.08. The Hall–Kier alpha value is -2.08. The van der Waals surface area contributed by atoms with Crippen molar-refractivity contribution in [3.63, 3.8) is 0 Å². The van der Waals surface area contributed by atoms with Crippen molar-refractivity contribution in [2.45, 2.75) is 11.2 Å². The predicted molar refractivity (Wildman–Crippen MR) is 117 cm³/mol. The van der Waals surface area contributed by atoms with Crippen molar-refractivity contribution in [2.24, 2.45) is 0 Å². The highest BCUT2D eigenvalue weighted by Crippen LogP contribution is 2.48. The van der Waals surface area contributed by atoms with Gasteiger partial charge in [-0.15, -0.1) is 11.8 Å². The van der Waals surface area contributed by atoms with Gasteiger partial charge in [-0.2, -0.15) is 8.42 Å². The molecule has 0 amide bonds. The number of hydrogen-bond donors (Lipinski definition) is 0. The minimum atomic E-state index is -3.41. The van der Waals surface area contributed by atoms with Gasteiger partial charge >= 0.3 is 0 Å². The van der Waals surface area contributed by atoms with E-state index in [9.17, 15) is 8.42 Å². The van der Waals surface area contributed by atoms with E-state index in [0.29, 0.717) is 6.42 Å². The van der Waals surface area contributed by atoms with Crippen molar-refractivity contribution in [1.82, 2.24) is 0 Å². The molecule has 0 aliphatic rings. The van der Waals surface area contributed by atoms with E-state index in [1.54, 1.807) is 11.8 Å². The molecule has 0 radical (unpaired) electrons. The van der Waals surface area contributed by atoms with Gasteiger partial charge in [-0.3, -0.25) is 4.18 Å². The molecule has 0 unspecified atom stereocenters. The maximum atomic E-state index is 11.2. The van der Waals surface area contributed by atoms with Crippen LogP contribution in [0.4, 0.5) is 0 Å². The van der Waals surface area contributed by atoms with E-state index in [2.05, 4.69) is 72.8 Å². The molecular weight excluding hydrogens is 388 g/mol. The summed E-state index contributed by atoms with van der Waals surface area (Å²) >= 11 is 1.80. The van der Waals surface area contributed by atoms with Crippen LogP contribution in [0.3, 0.4) is 0 Å². The summed E-state index contributed by atoms with van der Waals surface area (Å²) in [5, 5.41) is 0. The van der Waals surface area contributed by atoms with Crippen LogP contribution in [-0.2, 0) is 19.0 Å². The van der Waals surface area contributed by atoms with Crippen LogP contribution in [-0.4, -0.2) is 27.0 Å². The van der Waals surface area contributed by atoms with Crippen LogP contribution >= 0.6 is 11.8 Å². The average Bonchev–Trinajstić information content (AvgIpc) is 2.72. The summed E-state index contributed by atoms with van der Waals surface area (Å²) < 4.78 is 27.0. The normalized spacial score (nSPS) is 12.0. The molecule has 3 nitrogen and oxygen atoms in total. The minimum absolute atomic E-state index is 0.195. The highest BCUT2D eigenvalue weighted by molar-refractivity contribution is 8.00. The highest BCUT2D eigenvalue weighted by atomic mass is 32.2. The Bertz CT molecular complexity index is 860. The first-order valence-corrected chi connectivity index (χ1v) is 12.0. The lowest BCUT2D eigenvalue weighted by atomic mass is 9.84. The standard InChI is InChI=1S/C23H24O3S2/c1-28(24,25)26-18-11-19-27-23(20-12-5-2-6-13-20,21-14-7-3-8-15-21)22-16-9-4-10-17-22/h2-10,12-17H,11,18-19H2,1H3. The van der Waals surface area contributed by atoms with E-state index in [-0.39, 0.29) is 11.4 Å². The molecule has 0 saturated carbocycles. The third kappa shape index (κ3) is 5.04. The van der Waals surface area contributed by atoms with E-state index < -0.39 is 10.1 Å². The van der Waals surface area contributed by atoms with Crippen LogP contribution < -0.4 is 0 Å². The summed E-state index contributed by atoms with van der Waals surface area (Å²) in [4.78, 5) is 0. The van der Waals surface area contributed by atoms with Gasteiger partial charge in [0.2, 0.25) is 0 Å². The number of rotatable bonds is 9. The fourth-order valence-electron chi connectivity index (χ4n) is 3.26. The fourth-order valence-corrected chi connectivity index (χ4v) is 5.16. The topological polar surface area (TPSA) is 43.4 Å². The summed E-state index contributed by atoms with van der Waals surface area (Å²) in [6, 6.07) is 31.3. The molecular formula is C23H24O3S2. The van der Waals surface area contributed by atoms with Gasteiger partial charge in [0.05, 0.1) is 17.6 Å². The van der Waals surface area contributed by atoms with Crippen LogP contribution in [0.2, 0.25) is 0 Å². The summed E-state index contributed by atoms with van der Waals surface area (Å²) in [6.45, 7) is 0.195. The smallest absolute Gasteiger partial charge is 0.264 e. The molecule has 0 aliphatic heterocycles.